The monoisotopic (exact) mass is 386 g/mol. The fraction of sp³-hybridized carbons (Fsp3) is 0.875. The molecule has 0 aromatic rings. The van der Waals surface area contributed by atoms with Gasteiger partial charge < -0.3 is 49.4 Å². The number of carboxylic acid groups (broad SMARTS) is 2. The molecule has 0 aromatic heterocycles. The number of aliphatic carboxylic acids is 2. The molecule has 10 heteroatoms. The van der Waals surface area contributed by atoms with Crippen molar-refractivity contribution in [2.75, 3.05) is 81.0 Å². The van der Waals surface area contributed by atoms with E-state index in [9.17, 15) is 0 Å². The van der Waals surface area contributed by atoms with Crippen LogP contribution in [0.25, 0.3) is 0 Å². The van der Waals surface area contributed by atoms with Gasteiger partial charge in [-0.3, -0.25) is 0 Å². The Balaban J connectivity index is -0.000000134. The summed E-state index contributed by atoms with van der Waals surface area (Å²) >= 11 is 0. The van der Waals surface area contributed by atoms with Gasteiger partial charge in [0.05, 0.1) is 52.6 Å². The van der Waals surface area contributed by atoms with Gasteiger partial charge in [0, 0.05) is 40.4 Å². The second-order valence-corrected chi connectivity index (χ2v) is 4.69. The number of quaternary nitrogens is 2. The van der Waals surface area contributed by atoms with Crippen molar-refractivity contribution in [3.05, 3.63) is 0 Å². The quantitative estimate of drug-likeness (QED) is 0.317. The fourth-order valence-corrected chi connectivity index (χ4v) is 1.09. The molecule has 0 amide bonds. The largest absolute Gasteiger partial charge is 0.550 e. The van der Waals surface area contributed by atoms with E-state index < -0.39 is 11.9 Å². The van der Waals surface area contributed by atoms with Gasteiger partial charge in [0.2, 0.25) is 0 Å². The third kappa shape index (κ3) is 93.4. The van der Waals surface area contributed by atoms with E-state index in [0.717, 1.165) is 66.5 Å². The smallest absolute Gasteiger partial charge is 0.0993 e. The lowest BCUT2D eigenvalue weighted by atomic mass is 10.6. The fourth-order valence-electron chi connectivity index (χ4n) is 1.09. The Bertz CT molecular complexity index is 223. The highest BCUT2D eigenvalue weighted by Crippen LogP contribution is 1.58. The van der Waals surface area contributed by atoms with Crippen LogP contribution in [0, 0.1) is 0 Å². The number of nitrogens with two attached hydrogens (primary N) is 2. The number of ether oxygens (including phenoxy) is 4. The van der Waals surface area contributed by atoms with E-state index in [4.69, 9.17) is 38.7 Å². The summed E-state index contributed by atoms with van der Waals surface area (Å²) in [7, 11) is 6.85. The Morgan fingerprint density at radius 1 is 0.615 bits per heavy atom. The average Bonchev–Trinajstić information content (AvgIpc) is 2.54. The van der Waals surface area contributed by atoms with Gasteiger partial charge in [-0.05, 0) is 13.8 Å². The molecule has 0 radical (unpaired) electrons. The lowest BCUT2D eigenvalue weighted by molar-refractivity contribution is -0.657. The summed E-state index contributed by atoms with van der Waals surface area (Å²) in [6, 6.07) is 0. The van der Waals surface area contributed by atoms with E-state index in [1.165, 1.54) is 0 Å². The first-order chi connectivity index (χ1) is 12.3. The Labute approximate surface area is 157 Å². The van der Waals surface area contributed by atoms with E-state index in [0.29, 0.717) is 0 Å². The molecule has 0 fully saturated rings. The van der Waals surface area contributed by atoms with Gasteiger partial charge in [0.15, 0.2) is 0 Å². The first-order valence-corrected chi connectivity index (χ1v) is 8.24. The molecule has 0 unspecified atom stereocenters. The Morgan fingerprint density at radius 3 is 0.885 bits per heavy atom. The van der Waals surface area contributed by atoms with E-state index in [-0.39, 0.29) is 0 Å². The molecule has 0 saturated heterocycles. The van der Waals surface area contributed by atoms with E-state index >= 15 is 0 Å². The summed E-state index contributed by atoms with van der Waals surface area (Å²) in [6.07, 6.45) is 0. The molecular formula is C16H38N2O8. The third-order valence-corrected chi connectivity index (χ3v) is 2.10. The lowest BCUT2D eigenvalue weighted by Gasteiger charge is -1.98. The normalized spacial score (nSPS) is 8.85. The van der Waals surface area contributed by atoms with Crippen LogP contribution >= 0.6 is 0 Å². The minimum absolute atomic E-state index is 0.823. The molecule has 0 heterocycles. The van der Waals surface area contributed by atoms with Crippen LogP contribution in [0.1, 0.15) is 13.8 Å². The highest BCUT2D eigenvalue weighted by atomic mass is 16.5. The number of rotatable bonds is 12. The highest BCUT2D eigenvalue weighted by molar-refractivity contribution is 5.60. The molecule has 4 N–H and O–H groups in total. The lowest BCUT2D eigenvalue weighted by Crippen LogP contribution is -2.86. The summed E-state index contributed by atoms with van der Waals surface area (Å²) < 4.78 is 19.4. The summed E-state index contributed by atoms with van der Waals surface area (Å²) in [5.41, 5.74) is 0. The van der Waals surface area contributed by atoms with Crippen LogP contribution in [0.4, 0.5) is 0 Å². The molecule has 26 heavy (non-hydrogen) atoms. The molecule has 0 aliphatic rings. The van der Waals surface area contributed by atoms with Crippen molar-refractivity contribution in [3.8, 4) is 0 Å². The van der Waals surface area contributed by atoms with Crippen molar-refractivity contribution in [1.29, 1.82) is 0 Å². The molecular weight excluding hydrogens is 348 g/mol. The predicted molar refractivity (Wildman–Crippen MR) is 92.2 cm³/mol. The van der Waals surface area contributed by atoms with Crippen molar-refractivity contribution >= 4 is 11.9 Å². The van der Waals surface area contributed by atoms with Crippen molar-refractivity contribution < 1.29 is 49.4 Å². The van der Waals surface area contributed by atoms with E-state index in [2.05, 4.69) is 10.6 Å². The summed E-state index contributed by atoms with van der Waals surface area (Å²) in [4.78, 5) is 17.8. The van der Waals surface area contributed by atoms with Gasteiger partial charge in [-0.15, -0.1) is 0 Å². The van der Waals surface area contributed by atoms with Gasteiger partial charge in [-0.2, -0.15) is 0 Å². The van der Waals surface area contributed by atoms with Crippen molar-refractivity contribution in [1.82, 2.24) is 0 Å². The maximum Gasteiger partial charge on any atom is 0.0993 e. The van der Waals surface area contributed by atoms with Gasteiger partial charge in [0.1, 0.15) is 0 Å². The number of carbonyl (C=O) groups is 2. The van der Waals surface area contributed by atoms with Gasteiger partial charge >= 0.3 is 0 Å². The highest BCUT2D eigenvalue weighted by Gasteiger charge is 1.87. The Morgan fingerprint density at radius 2 is 0.769 bits per heavy atom. The molecule has 0 spiro atoms. The molecule has 0 aromatic carbocycles. The van der Waals surface area contributed by atoms with Gasteiger partial charge in [-0.25, -0.2) is 0 Å². The zero-order valence-corrected chi connectivity index (χ0v) is 17.1. The molecule has 0 rings (SSSR count). The minimum atomic E-state index is -1.08. The zero-order valence-electron chi connectivity index (χ0n) is 17.1. The summed E-state index contributed by atoms with van der Waals surface area (Å²) in [6.45, 7) is 9.35. The second kappa shape index (κ2) is 34.9. The van der Waals surface area contributed by atoms with Gasteiger partial charge in [-0.1, -0.05) is 0 Å². The van der Waals surface area contributed by atoms with Crippen LogP contribution in [0.2, 0.25) is 0 Å². The minimum Gasteiger partial charge on any atom is -0.550 e. The molecule has 0 bridgehead atoms. The topological polar surface area (TPSA) is 150 Å². The molecule has 0 aliphatic carbocycles. The van der Waals surface area contributed by atoms with Crippen LogP contribution in [0.15, 0.2) is 0 Å². The molecule has 0 aliphatic heterocycles. The number of carbonyl (C=O) groups excluding carboxylic acids is 2. The van der Waals surface area contributed by atoms with Crippen LogP contribution in [-0.2, 0) is 28.5 Å². The van der Waals surface area contributed by atoms with Crippen molar-refractivity contribution in [3.63, 3.8) is 0 Å². The number of carboxylic acids is 2. The Hall–Kier alpha value is -1.30. The maximum atomic E-state index is 8.89. The van der Waals surface area contributed by atoms with E-state index in [1.54, 1.807) is 28.4 Å². The summed E-state index contributed by atoms with van der Waals surface area (Å²) in [5.74, 6) is -2.17. The Kier molecular flexibility index (Phi) is 43.5. The van der Waals surface area contributed by atoms with E-state index in [1.807, 2.05) is 0 Å². The standard InChI is InChI=1S/2C6H15NO2.2C2H4O2/c2*1-8-5-3-7-4-6-9-2;2*1-2(3)4/h2*7H,3-6H2,1-2H3;2*1H3,(H,3,4). The van der Waals surface area contributed by atoms with Crippen LogP contribution in [-0.4, -0.2) is 93.0 Å². The molecule has 160 valence electrons. The van der Waals surface area contributed by atoms with Crippen LogP contribution < -0.4 is 20.8 Å². The first-order valence-electron chi connectivity index (χ1n) is 8.24. The average molecular weight is 386 g/mol. The first kappa shape index (κ1) is 32.4. The molecule has 0 saturated carbocycles. The van der Waals surface area contributed by atoms with Gasteiger partial charge in [0.25, 0.3) is 0 Å². The molecule has 0 atom stereocenters. The number of hydrogen-bond donors (Lipinski definition) is 2. The molecule has 10 nitrogen and oxygen atoms in total. The number of methoxy groups -OCH3 is 4. The SMILES string of the molecule is CC(=O)[O-].CC(=O)[O-].COCC[NH2+]CCOC.COCC[NH2+]CCOC. The second-order valence-electron chi connectivity index (χ2n) is 4.69. The maximum absolute atomic E-state index is 8.89. The van der Waals surface area contributed by atoms with Crippen LogP contribution in [0.3, 0.4) is 0 Å². The van der Waals surface area contributed by atoms with Crippen LogP contribution in [0.5, 0.6) is 0 Å². The van der Waals surface area contributed by atoms with Crippen molar-refractivity contribution in [2.45, 2.75) is 13.8 Å². The van der Waals surface area contributed by atoms with Crippen molar-refractivity contribution in [2.24, 2.45) is 0 Å². The zero-order chi connectivity index (χ0) is 21.1. The predicted octanol–water partition coefficient (Wildman–Crippen LogP) is -4.80. The third-order valence-electron chi connectivity index (χ3n) is 2.10. The number of hydrogen-bond acceptors (Lipinski definition) is 8. The summed E-state index contributed by atoms with van der Waals surface area (Å²) in [5, 5.41) is 22.1.